The molecule has 1 atom stereocenters. The smallest absolute Gasteiger partial charge is 0.0515 e. The first kappa shape index (κ1) is 20.9. The number of fused-ring (bicyclic) bond motifs is 1. The molecule has 1 aliphatic carbocycles. The SMILES string of the molecule is Cc1ccc(/C=C/c2cc3c(cc2CCC(C)O)C(C)(C)CCC3(C)C)cc1. The van der Waals surface area contributed by atoms with E-state index in [1.54, 1.807) is 0 Å². The van der Waals surface area contributed by atoms with E-state index in [0.717, 1.165) is 12.8 Å². The quantitative estimate of drug-likeness (QED) is 0.567. The fourth-order valence-electron chi connectivity index (χ4n) is 4.28. The van der Waals surface area contributed by atoms with Crippen LogP contribution in [0.5, 0.6) is 0 Å². The lowest BCUT2D eigenvalue weighted by Crippen LogP contribution is -2.34. The number of aryl methyl sites for hydroxylation is 2. The minimum absolute atomic E-state index is 0.208. The molecule has 0 aliphatic heterocycles. The molecule has 0 heterocycles. The van der Waals surface area contributed by atoms with Crippen molar-refractivity contribution < 1.29 is 5.11 Å². The van der Waals surface area contributed by atoms with E-state index in [9.17, 15) is 5.11 Å². The standard InChI is InChI=1S/C27H36O/c1-19-7-10-21(11-8-19)12-14-23-18-25-24(17-22(23)13-9-20(2)28)26(3,4)15-16-27(25,5)6/h7-8,10-12,14,17-18,20,28H,9,13,15-16H2,1-6H3/b14-12+. The predicted molar refractivity (Wildman–Crippen MR) is 122 cm³/mol. The molecule has 1 nitrogen and oxygen atoms in total. The Morgan fingerprint density at radius 3 is 2.07 bits per heavy atom. The zero-order chi connectivity index (χ0) is 20.5. The largest absolute Gasteiger partial charge is 0.393 e. The second-order valence-electron chi connectivity index (χ2n) is 10.00. The average Bonchev–Trinajstić information content (AvgIpc) is 2.63. The van der Waals surface area contributed by atoms with E-state index >= 15 is 0 Å². The minimum atomic E-state index is -0.269. The number of benzene rings is 2. The van der Waals surface area contributed by atoms with Crippen LogP contribution in [0.25, 0.3) is 12.2 Å². The number of aliphatic hydroxyl groups excluding tert-OH is 1. The van der Waals surface area contributed by atoms with Gasteiger partial charge in [-0.1, -0.05) is 81.8 Å². The van der Waals surface area contributed by atoms with E-state index in [1.165, 1.54) is 46.2 Å². The lowest BCUT2D eigenvalue weighted by Gasteiger charge is -2.42. The fourth-order valence-corrected chi connectivity index (χ4v) is 4.28. The van der Waals surface area contributed by atoms with E-state index in [4.69, 9.17) is 0 Å². The van der Waals surface area contributed by atoms with Crippen molar-refractivity contribution in [2.45, 2.75) is 84.2 Å². The van der Waals surface area contributed by atoms with Crippen LogP contribution in [-0.2, 0) is 17.3 Å². The van der Waals surface area contributed by atoms with Crippen LogP contribution in [0.2, 0.25) is 0 Å². The Morgan fingerprint density at radius 1 is 0.929 bits per heavy atom. The van der Waals surface area contributed by atoms with Gasteiger partial charge in [-0.05, 0) is 78.2 Å². The maximum atomic E-state index is 9.84. The first-order valence-electron chi connectivity index (χ1n) is 10.7. The van der Waals surface area contributed by atoms with Crippen molar-refractivity contribution in [1.29, 1.82) is 0 Å². The zero-order valence-corrected chi connectivity index (χ0v) is 18.5. The molecular weight excluding hydrogens is 340 g/mol. The van der Waals surface area contributed by atoms with Gasteiger partial charge in [-0.3, -0.25) is 0 Å². The first-order chi connectivity index (χ1) is 13.1. The summed E-state index contributed by atoms with van der Waals surface area (Å²) in [5.74, 6) is 0. The Morgan fingerprint density at radius 2 is 1.50 bits per heavy atom. The van der Waals surface area contributed by atoms with Gasteiger partial charge in [-0.15, -0.1) is 0 Å². The van der Waals surface area contributed by atoms with Crippen LogP contribution < -0.4 is 0 Å². The molecule has 0 radical (unpaired) electrons. The summed E-state index contributed by atoms with van der Waals surface area (Å²) in [5.41, 5.74) is 8.57. The summed E-state index contributed by atoms with van der Waals surface area (Å²) in [6.07, 6.45) is 8.37. The summed E-state index contributed by atoms with van der Waals surface area (Å²) in [6.45, 7) is 13.5. The van der Waals surface area contributed by atoms with Crippen LogP contribution in [-0.4, -0.2) is 11.2 Å². The molecule has 1 unspecified atom stereocenters. The van der Waals surface area contributed by atoms with Gasteiger partial charge in [0.2, 0.25) is 0 Å². The van der Waals surface area contributed by atoms with Gasteiger partial charge in [0.25, 0.3) is 0 Å². The predicted octanol–water partition coefficient (Wildman–Crippen LogP) is 6.83. The molecule has 0 bridgehead atoms. The van der Waals surface area contributed by atoms with Crippen LogP contribution in [0, 0.1) is 6.92 Å². The monoisotopic (exact) mass is 376 g/mol. The molecule has 1 aliphatic rings. The molecule has 28 heavy (non-hydrogen) atoms. The third kappa shape index (κ3) is 4.58. The Hall–Kier alpha value is -1.86. The van der Waals surface area contributed by atoms with Crippen molar-refractivity contribution in [2.75, 3.05) is 0 Å². The molecule has 2 aromatic carbocycles. The van der Waals surface area contributed by atoms with Crippen molar-refractivity contribution in [2.24, 2.45) is 0 Å². The Labute approximate surface area is 171 Å². The molecule has 0 amide bonds. The third-order valence-electron chi connectivity index (χ3n) is 6.48. The maximum absolute atomic E-state index is 9.84. The summed E-state index contributed by atoms with van der Waals surface area (Å²) in [7, 11) is 0. The van der Waals surface area contributed by atoms with Crippen molar-refractivity contribution in [3.63, 3.8) is 0 Å². The van der Waals surface area contributed by atoms with E-state index < -0.39 is 0 Å². The normalized spacial score (nSPS) is 18.8. The van der Waals surface area contributed by atoms with Crippen LogP contribution in [0.1, 0.15) is 87.3 Å². The molecule has 3 rings (SSSR count). The van der Waals surface area contributed by atoms with Gasteiger partial charge in [0, 0.05) is 0 Å². The fraction of sp³-hybridized carbons (Fsp3) is 0.481. The second-order valence-corrected chi connectivity index (χ2v) is 10.00. The van der Waals surface area contributed by atoms with E-state index in [0.29, 0.717) is 0 Å². The molecule has 0 aromatic heterocycles. The Balaban J connectivity index is 2.07. The highest BCUT2D eigenvalue weighted by molar-refractivity contribution is 5.72. The third-order valence-corrected chi connectivity index (χ3v) is 6.48. The van der Waals surface area contributed by atoms with E-state index in [1.807, 2.05) is 6.92 Å². The lowest BCUT2D eigenvalue weighted by atomic mass is 9.62. The second kappa shape index (κ2) is 7.87. The molecular formula is C27H36O. The molecule has 0 fully saturated rings. The highest BCUT2D eigenvalue weighted by atomic mass is 16.3. The topological polar surface area (TPSA) is 20.2 Å². The van der Waals surface area contributed by atoms with Gasteiger partial charge in [-0.25, -0.2) is 0 Å². The van der Waals surface area contributed by atoms with Crippen molar-refractivity contribution in [1.82, 2.24) is 0 Å². The van der Waals surface area contributed by atoms with Crippen LogP contribution >= 0.6 is 0 Å². The summed E-state index contributed by atoms with van der Waals surface area (Å²) in [6, 6.07) is 13.5. The molecule has 0 saturated carbocycles. The highest BCUT2D eigenvalue weighted by Crippen LogP contribution is 2.46. The summed E-state index contributed by atoms with van der Waals surface area (Å²) in [5, 5.41) is 9.84. The molecule has 1 N–H and O–H groups in total. The summed E-state index contributed by atoms with van der Waals surface area (Å²) < 4.78 is 0. The number of rotatable bonds is 5. The average molecular weight is 377 g/mol. The van der Waals surface area contributed by atoms with E-state index in [-0.39, 0.29) is 16.9 Å². The van der Waals surface area contributed by atoms with Crippen molar-refractivity contribution in [3.8, 4) is 0 Å². The van der Waals surface area contributed by atoms with Gasteiger partial charge < -0.3 is 5.11 Å². The summed E-state index contributed by atoms with van der Waals surface area (Å²) >= 11 is 0. The van der Waals surface area contributed by atoms with E-state index in [2.05, 4.69) is 83.2 Å². The molecule has 2 aromatic rings. The van der Waals surface area contributed by atoms with Crippen LogP contribution in [0.4, 0.5) is 0 Å². The van der Waals surface area contributed by atoms with Crippen molar-refractivity contribution >= 4 is 12.2 Å². The van der Waals surface area contributed by atoms with Gasteiger partial charge in [0.15, 0.2) is 0 Å². The Bertz CT molecular complexity index is 851. The number of hydrogen-bond donors (Lipinski definition) is 1. The first-order valence-corrected chi connectivity index (χ1v) is 10.7. The lowest BCUT2D eigenvalue weighted by molar-refractivity contribution is 0.185. The number of aliphatic hydroxyl groups is 1. The number of hydrogen-bond acceptors (Lipinski definition) is 1. The zero-order valence-electron chi connectivity index (χ0n) is 18.5. The van der Waals surface area contributed by atoms with Gasteiger partial charge >= 0.3 is 0 Å². The maximum Gasteiger partial charge on any atom is 0.0515 e. The van der Waals surface area contributed by atoms with Gasteiger partial charge in [0.1, 0.15) is 0 Å². The highest BCUT2D eigenvalue weighted by Gasteiger charge is 2.37. The van der Waals surface area contributed by atoms with Gasteiger partial charge in [0.05, 0.1) is 6.10 Å². The van der Waals surface area contributed by atoms with Gasteiger partial charge in [-0.2, -0.15) is 0 Å². The molecule has 150 valence electrons. The molecule has 0 saturated heterocycles. The Kier molecular flexibility index (Phi) is 5.87. The molecule has 0 spiro atoms. The summed E-state index contributed by atoms with van der Waals surface area (Å²) in [4.78, 5) is 0. The minimum Gasteiger partial charge on any atom is -0.393 e. The van der Waals surface area contributed by atoms with Crippen LogP contribution in [0.3, 0.4) is 0 Å². The van der Waals surface area contributed by atoms with Crippen molar-refractivity contribution in [3.05, 3.63) is 69.8 Å². The van der Waals surface area contributed by atoms with Crippen LogP contribution in [0.15, 0.2) is 36.4 Å². The molecule has 1 heteroatoms.